The lowest BCUT2D eigenvalue weighted by atomic mass is 10.2. The van der Waals surface area contributed by atoms with Gasteiger partial charge in [0.05, 0.1) is 5.52 Å². The number of primary sulfonamides is 1. The van der Waals surface area contributed by atoms with Gasteiger partial charge in [0.25, 0.3) is 10.0 Å². The normalized spacial score (nSPS) is 12.1. The van der Waals surface area contributed by atoms with Crippen molar-refractivity contribution in [3.05, 3.63) is 28.2 Å². The van der Waals surface area contributed by atoms with Gasteiger partial charge in [0.1, 0.15) is 0 Å². The van der Waals surface area contributed by atoms with Gasteiger partial charge < -0.3 is 9.97 Å². The molecule has 0 aromatic carbocycles. The van der Waals surface area contributed by atoms with Crippen molar-refractivity contribution in [2.75, 3.05) is 0 Å². The molecule has 0 bridgehead atoms. The van der Waals surface area contributed by atoms with Gasteiger partial charge >= 0.3 is 0 Å². The van der Waals surface area contributed by atoms with E-state index in [1.807, 2.05) is 0 Å². The van der Waals surface area contributed by atoms with Crippen LogP contribution < -0.4 is 10.7 Å². The lowest BCUT2D eigenvalue weighted by Gasteiger charge is -1.99. The van der Waals surface area contributed by atoms with Crippen LogP contribution >= 0.6 is 0 Å². The zero-order valence-corrected chi connectivity index (χ0v) is 8.68. The smallest absolute Gasteiger partial charge is 0.255 e. The lowest BCUT2D eigenvalue weighted by Crippen LogP contribution is -2.19. The third-order valence-corrected chi connectivity index (χ3v) is 3.03. The maximum absolute atomic E-state index is 11.2. The van der Waals surface area contributed by atoms with Gasteiger partial charge in [0.15, 0.2) is 5.03 Å². The average molecular weight is 227 g/mol. The van der Waals surface area contributed by atoms with E-state index in [1.54, 1.807) is 13.1 Å². The first kappa shape index (κ1) is 9.94. The highest BCUT2D eigenvalue weighted by molar-refractivity contribution is 7.89. The van der Waals surface area contributed by atoms with E-state index in [2.05, 4.69) is 9.97 Å². The molecule has 6 nitrogen and oxygen atoms in total. The van der Waals surface area contributed by atoms with Crippen LogP contribution in [0.4, 0.5) is 0 Å². The molecule has 2 aromatic heterocycles. The standard InChI is InChI=1S/C8H9N3O3S/c1-4-3-10-7-5(4)2-6(12)11-8(7)15(9,13)14/h2-3,10H,1H3,(H,11,12)(H2,9,13,14). The maximum Gasteiger partial charge on any atom is 0.255 e. The zero-order valence-electron chi connectivity index (χ0n) is 7.87. The average Bonchev–Trinajstić information content (AvgIpc) is 2.45. The van der Waals surface area contributed by atoms with Crippen LogP contribution in [0.15, 0.2) is 22.1 Å². The monoisotopic (exact) mass is 227 g/mol. The Hall–Kier alpha value is -1.60. The molecule has 0 aliphatic carbocycles. The van der Waals surface area contributed by atoms with E-state index in [0.29, 0.717) is 10.9 Å². The van der Waals surface area contributed by atoms with Crippen LogP contribution in [0.25, 0.3) is 10.9 Å². The van der Waals surface area contributed by atoms with Crippen molar-refractivity contribution in [1.82, 2.24) is 9.97 Å². The second-order valence-corrected chi connectivity index (χ2v) is 4.77. The summed E-state index contributed by atoms with van der Waals surface area (Å²) in [5, 5.41) is 5.26. The van der Waals surface area contributed by atoms with E-state index < -0.39 is 15.6 Å². The number of aromatic amines is 2. The number of nitrogens with two attached hydrogens (primary N) is 1. The molecule has 0 aliphatic rings. The van der Waals surface area contributed by atoms with E-state index in [9.17, 15) is 13.2 Å². The van der Waals surface area contributed by atoms with Gasteiger partial charge in [0.2, 0.25) is 5.56 Å². The van der Waals surface area contributed by atoms with Crippen LogP contribution in [0.1, 0.15) is 5.56 Å². The fourth-order valence-corrected chi connectivity index (χ4v) is 2.16. The summed E-state index contributed by atoms with van der Waals surface area (Å²) in [5.41, 5.74) is 0.629. The number of rotatable bonds is 1. The van der Waals surface area contributed by atoms with Gasteiger partial charge in [-0.3, -0.25) is 4.79 Å². The van der Waals surface area contributed by atoms with Crippen molar-refractivity contribution in [3.63, 3.8) is 0 Å². The van der Waals surface area contributed by atoms with Crippen molar-refractivity contribution in [2.45, 2.75) is 11.9 Å². The summed E-state index contributed by atoms with van der Waals surface area (Å²) in [6.45, 7) is 1.77. The van der Waals surface area contributed by atoms with Crippen LogP contribution in [0, 0.1) is 6.92 Å². The van der Waals surface area contributed by atoms with Gasteiger partial charge in [-0.25, -0.2) is 13.6 Å². The molecule has 7 heteroatoms. The van der Waals surface area contributed by atoms with Crippen molar-refractivity contribution < 1.29 is 8.42 Å². The predicted octanol–water partition coefficient (Wildman–Crippen LogP) is -0.188. The molecule has 2 rings (SSSR count). The first-order valence-corrected chi connectivity index (χ1v) is 5.68. The van der Waals surface area contributed by atoms with Gasteiger partial charge in [-0.05, 0) is 12.5 Å². The summed E-state index contributed by atoms with van der Waals surface area (Å²) >= 11 is 0. The number of aromatic nitrogens is 2. The zero-order chi connectivity index (χ0) is 11.2. The lowest BCUT2D eigenvalue weighted by molar-refractivity contribution is 0.594. The first-order valence-electron chi connectivity index (χ1n) is 4.13. The largest absolute Gasteiger partial charge is 0.359 e. The Balaban J connectivity index is 3.04. The van der Waals surface area contributed by atoms with Gasteiger partial charge in [0, 0.05) is 17.6 Å². The quantitative estimate of drug-likeness (QED) is 0.628. The predicted molar refractivity (Wildman–Crippen MR) is 55.0 cm³/mol. The summed E-state index contributed by atoms with van der Waals surface area (Å²) in [6, 6.07) is 1.33. The van der Waals surface area contributed by atoms with Crippen LogP contribution in [0.3, 0.4) is 0 Å². The van der Waals surface area contributed by atoms with E-state index in [1.165, 1.54) is 6.07 Å². The van der Waals surface area contributed by atoms with Gasteiger partial charge in [-0.1, -0.05) is 0 Å². The molecule has 80 valence electrons. The SMILES string of the molecule is Cc1c[nH]c2c(S(N)(=O)=O)[nH]c(=O)cc12. The summed E-state index contributed by atoms with van der Waals surface area (Å²) in [5.74, 6) is 0. The van der Waals surface area contributed by atoms with Crippen LogP contribution in [0.2, 0.25) is 0 Å². The molecule has 0 unspecified atom stereocenters. The number of hydrogen-bond acceptors (Lipinski definition) is 3. The Morgan fingerprint density at radius 3 is 2.67 bits per heavy atom. The fraction of sp³-hybridized carbons (Fsp3) is 0.125. The highest BCUT2D eigenvalue weighted by atomic mass is 32.2. The molecule has 0 saturated carbocycles. The molecule has 0 saturated heterocycles. The first-order chi connectivity index (χ1) is 6.89. The third kappa shape index (κ3) is 1.55. The second kappa shape index (κ2) is 2.94. The van der Waals surface area contributed by atoms with E-state index in [0.717, 1.165) is 5.56 Å². The molecule has 4 N–H and O–H groups in total. The van der Waals surface area contributed by atoms with E-state index in [-0.39, 0.29) is 5.03 Å². The van der Waals surface area contributed by atoms with Crippen molar-refractivity contribution in [2.24, 2.45) is 5.14 Å². The number of H-pyrrole nitrogens is 2. The topological polar surface area (TPSA) is 109 Å². The molecular formula is C8H9N3O3S. The second-order valence-electron chi connectivity index (χ2n) is 3.27. The summed E-state index contributed by atoms with van der Waals surface area (Å²) in [6.07, 6.45) is 1.62. The fourth-order valence-electron chi connectivity index (χ4n) is 1.46. The molecule has 0 fully saturated rings. The minimum Gasteiger partial charge on any atom is -0.359 e. The molecule has 2 heterocycles. The van der Waals surface area contributed by atoms with E-state index >= 15 is 0 Å². The molecule has 0 atom stereocenters. The minimum atomic E-state index is -3.93. The number of sulfonamides is 1. The molecule has 0 amide bonds. The van der Waals surface area contributed by atoms with Crippen molar-refractivity contribution >= 4 is 20.9 Å². The molecule has 0 radical (unpaired) electrons. The number of hydrogen-bond donors (Lipinski definition) is 3. The summed E-state index contributed by atoms with van der Waals surface area (Å²) < 4.78 is 22.4. The van der Waals surface area contributed by atoms with Crippen molar-refractivity contribution in [3.8, 4) is 0 Å². The van der Waals surface area contributed by atoms with Crippen LogP contribution in [-0.4, -0.2) is 18.4 Å². The van der Waals surface area contributed by atoms with Gasteiger partial charge in [-0.15, -0.1) is 0 Å². The molecule has 2 aromatic rings. The molecular weight excluding hydrogens is 218 g/mol. The van der Waals surface area contributed by atoms with Crippen LogP contribution in [0.5, 0.6) is 0 Å². The highest BCUT2D eigenvalue weighted by Gasteiger charge is 2.16. The Morgan fingerprint density at radius 1 is 1.40 bits per heavy atom. The minimum absolute atomic E-state index is 0.280. The Morgan fingerprint density at radius 2 is 2.07 bits per heavy atom. The van der Waals surface area contributed by atoms with Crippen molar-refractivity contribution in [1.29, 1.82) is 0 Å². The highest BCUT2D eigenvalue weighted by Crippen LogP contribution is 2.19. The Bertz CT molecular complexity index is 681. The summed E-state index contributed by atoms with van der Waals surface area (Å²) in [7, 11) is -3.93. The number of fused-ring (bicyclic) bond motifs is 1. The molecule has 0 spiro atoms. The maximum atomic E-state index is 11.2. The Kier molecular flexibility index (Phi) is 1.95. The Labute approximate surface area is 85.2 Å². The summed E-state index contributed by atoms with van der Waals surface area (Å²) in [4.78, 5) is 16.2. The number of nitrogens with one attached hydrogen (secondary N) is 2. The van der Waals surface area contributed by atoms with Gasteiger partial charge in [-0.2, -0.15) is 0 Å². The number of aryl methyl sites for hydroxylation is 1. The molecule has 15 heavy (non-hydrogen) atoms. The number of pyridine rings is 1. The van der Waals surface area contributed by atoms with E-state index in [4.69, 9.17) is 5.14 Å². The van der Waals surface area contributed by atoms with Crippen LogP contribution in [-0.2, 0) is 10.0 Å². The molecule has 0 aliphatic heterocycles. The third-order valence-electron chi connectivity index (χ3n) is 2.15.